The number of hydrogen-bond donors (Lipinski definition) is 0. The van der Waals surface area contributed by atoms with Crippen molar-refractivity contribution in [3.63, 3.8) is 0 Å². The minimum Gasteiger partial charge on any atom is -0.465 e. The van der Waals surface area contributed by atoms with Gasteiger partial charge in [0, 0.05) is 18.9 Å². The second-order valence-electron chi connectivity index (χ2n) is 5.63. The van der Waals surface area contributed by atoms with Crippen molar-refractivity contribution in [3.05, 3.63) is 24.0 Å². The van der Waals surface area contributed by atoms with Gasteiger partial charge in [0.2, 0.25) is 0 Å². The van der Waals surface area contributed by atoms with Gasteiger partial charge in [-0.05, 0) is 18.9 Å². The lowest BCUT2D eigenvalue weighted by Crippen LogP contribution is -2.03. The molecule has 0 fully saturated rings. The van der Waals surface area contributed by atoms with Crippen LogP contribution in [0.5, 0.6) is 0 Å². The average molecular weight is 345 g/mol. The molecule has 132 valence electrons. The van der Waals surface area contributed by atoms with Crippen LogP contribution >= 0.6 is 0 Å². The van der Waals surface area contributed by atoms with E-state index in [1.807, 2.05) is 17.0 Å². The summed E-state index contributed by atoms with van der Waals surface area (Å²) in [7, 11) is -1.91. The lowest BCUT2D eigenvalue weighted by Gasteiger charge is -2.04. The van der Waals surface area contributed by atoms with Crippen LogP contribution in [-0.2, 0) is 25.6 Å². The molecule has 0 N–H and O–H groups in total. The highest BCUT2D eigenvalue weighted by atomic mass is 32.2. The second-order valence-corrected chi connectivity index (χ2v) is 7.27. The smallest absolute Gasteiger partial charge is 0.339 e. The van der Waals surface area contributed by atoms with E-state index in [1.54, 1.807) is 6.07 Å². The summed E-state index contributed by atoms with van der Waals surface area (Å²) in [5.74, 6) is -0.302. The van der Waals surface area contributed by atoms with E-state index in [4.69, 9.17) is 0 Å². The molecule has 0 aliphatic heterocycles. The molecular weight excluding hydrogens is 318 g/mol. The molecule has 23 heavy (non-hydrogen) atoms. The molecule has 1 rings (SSSR count). The summed E-state index contributed by atoms with van der Waals surface area (Å²) in [6, 6.07) is 1.77. The molecule has 0 aliphatic rings. The van der Waals surface area contributed by atoms with Gasteiger partial charge >= 0.3 is 5.97 Å². The first-order valence-corrected chi connectivity index (χ1v) is 9.82. The monoisotopic (exact) mass is 345 g/mol. The van der Waals surface area contributed by atoms with Crippen LogP contribution in [-0.4, -0.2) is 38.9 Å². The highest BCUT2D eigenvalue weighted by molar-refractivity contribution is 7.85. The fourth-order valence-corrected chi connectivity index (χ4v) is 2.73. The van der Waals surface area contributed by atoms with Gasteiger partial charge in [-0.1, -0.05) is 32.1 Å². The molecule has 0 saturated heterocycles. The Kier molecular flexibility index (Phi) is 8.94. The highest BCUT2D eigenvalue weighted by Gasteiger charge is 2.06. The largest absolute Gasteiger partial charge is 0.465 e. The molecule has 6 nitrogen and oxygen atoms in total. The van der Waals surface area contributed by atoms with Gasteiger partial charge in [0.25, 0.3) is 10.1 Å². The number of methoxy groups -OCH3 is 1. The summed E-state index contributed by atoms with van der Waals surface area (Å²) in [5, 5.41) is 0. The van der Waals surface area contributed by atoms with Crippen LogP contribution in [0, 0.1) is 0 Å². The Balaban J connectivity index is 1.97. The molecule has 0 spiro atoms. The van der Waals surface area contributed by atoms with Gasteiger partial charge in [-0.25, -0.2) is 4.79 Å². The lowest BCUT2D eigenvalue weighted by molar-refractivity contribution is 0.0600. The number of hydrogen-bond acceptors (Lipinski definition) is 5. The molecule has 1 aromatic heterocycles. The van der Waals surface area contributed by atoms with Gasteiger partial charge in [-0.2, -0.15) is 8.42 Å². The molecule has 1 heterocycles. The SMILES string of the molecule is COC(=O)c1ccn(CCCCCCCCCOS(C)(=O)=O)c1. The Hall–Kier alpha value is -1.34. The van der Waals surface area contributed by atoms with Crippen LogP contribution < -0.4 is 0 Å². The van der Waals surface area contributed by atoms with Gasteiger partial charge < -0.3 is 9.30 Å². The van der Waals surface area contributed by atoms with Crippen LogP contribution in [0.15, 0.2) is 18.5 Å². The maximum absolute atomic E-state index is 11.3. The van der Waals surface area contributed by atoms with Crippen molar-refractivity contribution in [2.45, 2.75) is 51.5 Å². The van der Waals surface area contributed by atoms with Crippen molar-refractivity contribution in [1.82, 2.24) is 4.57 Å². The summed E-state index contributed by atoms with van der Waals surface area (Å²) in [4.78, 5) is 11.3. The van der Waals surface area contributed by atoms with E-state index in [1.165, 1.54) is 7.11 Å². The van der Waals surface area contributed by atoms with Crippen LogP contribution in [0.1, 0.15) is 55.3 Å². The van der Waals surface area contributed by atoms with Crippen LogP contribution in [0.3, 0.4) is 0 Å². The Morgan fingerprint density at radius 1 is 1.09 bits per heavy atom. The predicted octanol–water partition coefficient (Wildman–Crippen LogP) is 2.98. The molecule has 0 saturated carbocycles. The number of nitrogens with zero attached hydrogens (tertiary/aromatic N) is 1. The minimum absolute atomic E-state index is 0.287. The van der Waals surface area contributed by atoms with Gasteiger partial charge in [-0.3, -0.25) is 4.18 Å². The zero-order valence-electron chi connectivity index (χ0n) is 14.0. The van der Waals surface area contributed by atoms with Crippen molar-refractivity contribution in [2.75, 3.05) is 20.0 Å². The first-order valence-electron chi connectivity index (χ1n) is 8.01. The number of esters is 1. The molecule has 0 radical (unpaired) electrons. The molecule has 0 atom stereocenters. The van der Waals surface area contributed by atoms with E-state index in [9.17, 15) is 13.2 Å². The van der Waals surface area contributed by atoms with Crippen LogP contribution in [0.4, 0.5) is 0 Å². The summed E-state index contributed by atoms with van der Waals surface area (Å²) < 4.78 is 32.9. The van der Waals surface area contributed by atoms with Crippen LogP contribution in [0.25, 0.3) is 0 Å². The van der Waals surface area contributed by atoms with Gasteiger partial charge in [-0.15, -0.1) is 0 Å². The molecule has 0 amide bonds. The predicted molar refractivity (Wildman–Crippen MR) is 88.9 cm³/mol. The zero-order valence-corrected chi connectivity index (χ0v) is 14.8. The quantitative estimate of drug-likeness (QED) is 0.331. The second kappa shape index (κ2) is 10.4. The third-order valence-electron chi connectivity index (χ3n) is 3.53. The van der Waals surface area contributed by atoms with E-state index < -0.39 is 10.1 Å². The Bertz CT molecular complexity index is 565. The summed E-state index contributed by atoms with van der Waals surface area (Å²) >= 11 is 0. The summed E-state index contributed by atoms with van der Waals surface area (Å²) in [6.07, 6.45) is 12.2. The molecule has 0 bridgehead atoms. The topological polar surface area (TPSA) is 74.6 Å². The van der Waals surface area contributed by atoms with E-state index in [-0.39, 0.29) is 12.6 Å². The minimum atomic E-state index is -3.29. The van der Waals surface area contributed by atoms with E-state index in [0.29, 0.717) is 5.56 Å². The fourth-order valence-electron chi connectivity index (χ4n) is 2.31. The van der Waals surface area contributed by atoms with Crippen molar-refractivity contribution in [1.29, 1.82) is 0 Å². The molecule has 7 heteroatoms. The van der Waals surface area contributed by atoms with Gasteiger partial charge in [0.1, 0.15) is 0 Å². The Morgan fingerprint density at radius 2 is 1.70 bits per heavy atom. The third-order valence-corrected chi connectivity index (χ3v) is 4.12. The Labute approximate surface area is 138 Å². The standard InChI is InChI=1S/C16H27NO5S/c1-21-16(18)15-10-12-17(14-15)11-8-6-4-3-5-7-9-13-22-23(2,19)20/h10,12,14H,3-9,11,13H2,1-2H3. The third kappa shape index (κ3) is 9.40. The number of aromatic nitrogens is 1. The summed E-state index contributed by atoms with van der Waals surface area (Å²) in [6.45, 7) is 1.19. The first kappa shape index (κ1) is 19.7. The van der Waals surface area contributed by atoms with Crippen molar-refractivity contribution < 1.29 is 22.1 Å². The molecular formula is C16H27NO5S. The van der Waals surface area contributed by atoms with Gasteiger partial charge in [0.05, 0.1) is 25.5 Å². The highest BCUT2D eigenvalue weighted by Crippen LogP contribution is 2.10. The first-order chi connectivity index (χ1) is 10.9. The number of unbranched alkanes of at least 4 members (excludes halogenated alkanes) is 6. The van der Waals surface area contributed by atoms with Gasteiger partial charge in [0.15, 0.2) is 0 Å². The van der Waals surface area contributed by atoms with E-state index in [2.05, 4.69) is 8.92 Å². The number of carbonyl (C=O) groups is 1. The fraction of sp³-hybridized carbons (Fsp3) is 0.688. The van der Waals surface area contributed by atoms with Crippen molar-refractivity contribution in [2.24, 2.45) is 0 Å². The maximum Gasteiger partial charge on any atom is 0.339 e. The summed E-state index contributed by atoms with van der Waals surface area (Å²) in [5.41, 5.74) is 0.587. The normalized spacial score (nSPS) is 11.6. The zero-order chi connectivity index (χ0) is 17.1. The van der Waals surface area contributed by atoms with Crippen molar-refractivity contribution >= 4 is 16.1 Å². The van der Waals surface area contributed by atoms with E-state index >= 15 is 0 Å². The molecule has 0 unspecified atom stereocenters. The molecule has 1 aromatic rings. The maximum atomic E-state index is 11.3. The number of rotatable bonds is 12. The average Bonchev–Trinajstić information content (AvgIpc) is 2.96. The van der Waals surface area contributed by atoms with E-state index in [0.717, 1.165) is 57.7 Å². The number of ether oxygens (including phenoxy) is 1. The van der Waals surface area contributed by atoms with Crippen molar-refractivity contribution in [3.8, 4) is 0 Å². The number of aryl methyl sites for hydroxylation is 1. The Morgan fingerprint density at radius 3 is 2.30 bits per heavy atom. The number of carbonyl (C=O) groups excluding carboxylic acids is 1. The van der Waals surface area contributed by atoms with Crippen LogP contribution in [0.2, 0.25) is 0 Å². The molecule has 0 aromatic carbocycles. The lowest BCUT2D eigenvalue weighted by atomic mass is 10.1. The molecule has 0 aliphatic carbocycles.